The van der Waals surface area contributed by atoms with E-state index in [1.54, 1.807) is 0 Å². The molecule has 0 aliphatic heterocycles. The van der Waals surface area contributed by atoms with Gasteiger partial charge in [-0.3, -0.25) is 4.79 Å². The molecule has 6 heteroatoms. The Balaban J connectivity index is 0.00000256. The van der Waals surface area contributed by atoms with Gasteiger partial charge in [-0.2, -0.15) is 0 Å². The fraction of sp³-hybridized carbons (Fsp3) is 0.364. The van der Waals surface area contributed by atoms with Gasteiger partial charge in [0.15, 0.2) is 5.78 Å². The Morgan fingerprint density at radius 3 is 2.00 bits per heavy atom. The number of halogens is 3. The van der Waals surface area contributed by atoms with Crippen LogP contribution in [0.25, 0.3) is 0 Å². The van der Waals surface area contributed by atoms with E-state index in [4.69, 9.17) is 0 Å². The molecule has 0 spiro atoms. The SMILES string of the molecule is CC(C)CC(=O)c1ccc([B-](F)(F)F)cc1.[K+]. The fourth-order valence-corrected chi connectivity index (χ4v) is 1.38. The van der Waals surface area contributed by atoms with Gasteiger partial charge in [0.05, 0.1) is 0 Å². The van der Waals surface area contributed by atoms with E-state index in [0.717, 1.165) is 12.1 Å². The van der Waals surface area contributed by atoms with Crippen molar-refractivity contribution in [2.45, 2.75) is 20.3 Å². The summed E-state index contributed by atoms with van der Waals surface area (Å²) >= 11 is 0. The van der Waals surface area contributed by atoms with Crippen LogP contribution < -0.4 is 56.8 Å². The molecule has 1 rings (SSSR count). The van der Waals surface area contributed by atoms with Crippen molar-refractivity contribution in [2.24, 2.45) is 5.92 Å². The summed E-state index contributed by atoms with van der Waals surface area (Å²) in [5.41, 5.74) is -0.321. The van der Waals surface area contributed by atoms with Gasteiger partial charge in [-0.05, 0) is 5.92 Å². The number of Topliss-reactive ketones (excluding diaryl/α,β-unsaturated/α-hetero) is 1. The first-order valence-corrected chi connectivity index (χ1v) is 5.14. The van der Waals surface area contributed by atoms with Crippen LogP contribution in [0.4, 0.5) is 12.9 Å². The number of rotatable bonds is 4. The summed E-state index contributed by atoms with van der Waals surface area (Å²) in [6.07, 6.45) is 0.358. The molecule has 0 aliphatic carbocycles. The number of hydrogen-bond acceptors (Lipinski definition) is 1. The van der Waals surface area contributed by atoms with E-state index < -0.39 is 12.4 Å². The maximum atomic E-state index is 12.3. The van der Waals surface area contributed by atoms with Crippen LogP contribution in [0.15, 0.2) is 24.3 Å². The number of carbonyl (C=O) groups excluding carboxylic acids is 1. The van der Waals surface area contributed by atoms with E-state index in [1.165, 1.54) is 12.1 Å². The van der Waals surface area contributed by atoms with Gasteiger partial charge in [0, 0.05) is 12.0 Å². The van der Waals surface area contributed by atoms with Crippen LogP contribution >= 0.6 is 0 Å². The minimum atomic E-state index is -4.97. The van der Waals surface area contributed by atoms with Gasteiger partial charge < -0.3 is 12.9 Å². The van der Waals surface area contributed by atoms with Crippen molar-refractivity contribution < 1.29 is 69.1 Å². The van der Waals surface area contributed by atoms with Crippen molar-refractivity contribution in [2.75, 3.05) is 0 Å². The first-order valence-electron chi connectivity index (χ1n) is 5.14. The summed E-state index contributed by atoms with van der Waals surface area (Å²) in [6, 6.07) is 4.42. The van der Waals surface area contributed by atoms with Gasteiger partial charge in [0.25, 0.3) is 0 Å². The average molecular weight is 268 g/mol. The third-order valence-electron chi connectivity index (χ3n) is 2.20. The molecule has 17 heavy (non-hydrogen) atoms. The Bertz CT molecular complexity index is 373. The standard InChI is InChI=1S/C11H13BF3O.K/c1-8(2)7-11(16)9-3-5-10(6-4-9)12(13,14)15;/h3-6,8H,7H2,1-2H3;/q-1;+1. The molecular formula is C11H13BF3KO. The van der Waals surface area contributed by atoms with Crippen molar-refractivity contribution in [3.8, 4) is 0 Å². The third-order valence-corrected chi connectivity index (χ3v) is 2.20. The minimum absolute atomic E-state index is 0. The number of benzene rings is 1. The van der Waals surface area contributed by atoms with E-state index in [9.17, 15) is 17.7 Å². The number of carbonyl (C=O) groups is 1. The Labute approximate surface area is 142 Å². The summed E-state index contributed by atoms with van der Waals surface area (Å²) < 4.78 is 36.9. The van der Waals surface area contributed by atoms with Gasteiger partial charge in [-0.1, -0.05) is 38.1 Å². The predicted octanol–water partition coefficient (Wildman–Crippen LogP) is -0.0262. The Kier molecular flexibility index (Phi) is 7.25. The Morgan fingerprint density at radius 2 is 1.65 bits per heavy atom. The molecule has 0 aliphatic rings. The quantitative estimate of drug-likeness (QED) is 0.554. The van der Waals surface area contributed by atoms with E-state index in [-0.39, 0.29) is 63.1 Å². The maximum absolute atomic E-state index is 12.3. The zero-order valence-electron chi connectivity index (χ0n) is 10.2. The average Bonchev–Trinajstić information content (AvgIpc) is 2.15. The molecule has 0 aromatic heterocycles. The van der Waals surface area contributed by atoms with Gasteiger partial charge in [0.2, 0.25) is 0 Å². The third kappa shape index (κ3) is 5.70. The molecule has 1 aromatic carbocycles. The molecule has 0 saturated heterocycles. The number of ketones is 1. The van der Waals surface area contributed by atoms with Gasteiger partial charge >= 0.3 is 58.4 Å². The van der Waals surface area contributed by atoms with Crippen LogP contribution in [0.1, 0.15) is 30.6 Å². The van der Waals surface area contributed by atoms with Crippen molar-refractivity contribution in [1.82, 2.24) is 0 Å². The fourth-order valence-electron chi connectivity index (χ4n) is 1.38. The molecule has 0 heterocycles. The largest absolute Gasteiger partial charge is 1.00 e. The second-order valence-corrected chi connectivity index (χ2v) is 4.22. The topological polar surface area (TPSA) is 17.1 Å². The van der Waals surface area contributed by atoms with Crippen LogP contribution in [0.3, 0.4) is 0 Å². The molecule has 0 fully saturated rings. The zero-order valence-corrected chi connectivity index (χ0v) is 13.3. The maximum Gasteiger partial charge on any atom is 1.00 e. The van der Waals surface area contributed by atoms with Crippen molar-refractivity contribution in [3.05, 3.63) is 29.8 Å². The predicted molar refractivity (Wildman–Crippen MR) is 58.9 cm³/mol. The summed E-state index contributed by atoms with van der Waals surface area (Å²) in [5.74, 6) is 0.0928. The normalized spacial score (nSPS) is 11.2. The van der Waals surface area contributed by atoms with E-state index >= 15 is 0 Å². The van der Waals surface area contributed by atoms with E-state index in [1.807, 2.05) is 13.8 Å². The van der Waals surface area contributed by atoms with Crippen molar-refractivity contribution in [1.29, 1.82) is 0 Å². The summed E-state index contributed by atoms with van der Waals surface area (Å²) in [7, 11) is 0. The monoisotopic (exact) mass is 268 g/mol. The molecule has 0 unspecified atom stereocenters. The summed E-state index contributed by atoms with van der Waals surface area (Å²) in [4.78, 5) is 11.5. The first-order chi connectivity index (χ1) is 7.30. The molecule has 0 atom stereocenters. The molecule has 1 nitrogen and oxygen atoms in total. The first kappa shape index (κ1) is 17.4. The van der Waals surface area contributed by atoms with E-state index in [2.05, 4.69) is 0 Å². The molecular weight excluding hydrogens is 255 g/mol. The van der Waals surface area contributed by atoms with Crippen molar-refractivity contribution >= 4 is 18.2 Å². The second-order valence-electron chi connectivity index (χ2n) is 4.22. The zero-order chi connectivity index (χ0) is 12.3. The second kappa shape index (κ2) is 7.09. The minimum Gasteiger partial charge on any atom is -0.445 e. The van der Waals surface area contributed by atoms with Crippen LogP contribution in [0.5, 0.6) is 0 Å². The van der Waals surface area contributed by atoms with Crippen LogP contribution in [-0.4, -0.2) is 12.8 Å². The van der Waals surface area contributed by atoms with E-state index in [0.29, 0.717) is 12.0 Å². The smallest absolute Gasteiger partial charge is 0.445 e. The molecule has 0 bridgehead atoms. The van der Waals surface area contributed by atoms with Crippen LogP contribution in [0.2, 0.25) is 0 Å². The summed E-state index contributed by atoms with van der Waals surface area (Å²) in [6.45, 7) is -1.18. The van der Waals surface area contributed by atoms with Crippen molar-refractivity contribution in [3.63, 3.8) is 0 Å². The van der Waals surface area contributed by atoms with Gasteiger partial charge in [-0.25, -0.2) is 0 Å². The number of hydrogen-bond donors (Lipinski definition) is 0. The molecule has 0 N–H and O–H groups in total. The van der Waals surface area contributed by atoms with Gasteiger partial charge in [-0.15, -0.1) is 5.46 Å². The molecule has 0 saturated carbocycles. The van der Waals surface area contributed by atoms with Crippen LogP contribution in [0, 0.1) is 5.92 Å². The summed E-state index contributed by atoms with van der Waals surface area (Å²) in [5, 5.41) is 0. The Hall–Kier alpha value is 0.381. The van der Waals surface area contributed by atoms with Gasteiger partial charge in [0.1, 0.15) is 0 Å². The molecule has 1 aromatic rings. The Morgan fingerprint density at radius 1 is 1.18 bits per heavy atom. The van der Waals surface area contributed by atoms with Crippen LogP contribution in [-0.2, 0) is 0 Å². The molecule has 88 valence electrons. The molecule has 0 radical (unpaired) electrons. The molecule has 0 amide bonds.